The Balaban J connectivity index is 1.41. The third-order valence-electron chi connectivity index (χ3n) is 5.40. The number of halogens is 2. The molecule has 0 radical (unpaired) electrons. The summed E-state index contributed by atoms with van der Waals surface area (Å²) < 4.78 is 11.0. The summed E-state index contributed by atoms with van der Waals surface area (Å²) in [6.45, 7) is 1.76. The van der Waals surface area contributed by atoms with Crippen LogP contribution in [0.4, 0.5) is 10.5 Å². The molecule has 1 heterocycles. The maximum absolute atomic E-state index is 12.9. The van der Waals surface area contributed by atoms with Gasteiger partial charge in [-0.2, -0.15) is 0 Å². The third kappa shape index (κ3) is 6.65. The SMILES string of the molecule is COc1cc(/C=C2\SC(=O)N(Cc3cccc(Cl)c3)C2=O)ccc1OCC(=O)Nc1ccc(C)c(Cl)c1. The first-order chi connectivity index (χ1) is 17.7. The number of amides is 3. The van der Waals surface area contributed by atoms with Gasteiger partial charge in [0.1, 0.15) is 0 Å². The zero-order valence-electron chi connectivity index (χ0n) is 19.9. The molecular weight excluding hydrogens is 535 g/mol. The number of methoxy groups -OCH3 is 1. The van der Waals surface area contributed by atoms with E-state index in [0.717, 1.165) is 22.9 Å². The number of hydrogen-bond acceptors (Lipinski definition) is 6. The molecule has 0 unspecified atom stereocenters. The van der Waals surface area contributed by atoms with Crippen LogP contribution < -0.4 is 14.8 Å². The predicted octanol–water partition coefficient (Wildman–Crippen LogP) is 6.56. The van der Waals surface area contributed by atoms with Crippen molar-refractivity contribution < 1.29 is 23.9 Å². The normalized spacial score (nSPS) is 14.3. The van der Waals surface area contributed by atoms with Crippen molar-refractivity contribution >= 4 is 63.8 Å². The lowest BCUT2D eigenvalue weighted by Gasteiger charge is -2.13. The van der Waals surface area contributed by atoms with Crippen molar-refractivity contribution in [2.45, 2.75) is 13.5 Å². The molecule has 3 amide bonds. The van der Waals surface area contributed by atoms with Gasteiger partial charge in [-0.1, -0.05) is 47.5 Å². The summed E-state index contributed by atoms with van der Waals surface area (Å²) >= 11 is 13.0. The highest BCUT2D eigenvalue weighted by atomic mass is 35.5. The molecule has 4 rings (SSSR count). The van der Waals surface area contributed by atoms with E-state index in [2.05, 4.69) is 5.32 Å². The second kappa shape index (κ2) is 11.7. The highest BCUT2D eigenvalue weighted by Gasteiger charge is 2.35. The van der Waals surface area contributed by atoms with Crippen molar-refractivity contribution in [1.82, 2.24) is 4.90 Å². The number of nitrogens with zero attached hydrogens (tertiary/aromatic N) is 1. The molecule has 1 aliphatic rings. The van der Waals surface area contributed by atoms with Gasteiger partial charge in [0.25, 0.3) is 17.1 Å². The minimum absolute atomic E-state index is 0.134. The van der Waals surface area contributed by atoms with Crippen molar-refractivity contribution in [3.63, 3.8) is 0 Å². The van der Waals surface area contributed by atoms with Gasteiger partial charge in [-0.25, -0.2) is 0 Å². The fourth-order valence-corrected chi connectivity index (χ4v) is 4.74. The number of anilines is 1. The van der Waals surface area contributed by atoms with Crippen LogP contribution in [0.3, 0.4) is 0 Å². The van der Waals surface area contributed by atoms with Crippen LogP contribution in [0.15, 0.2) is 65.6 Å². The Labute approximate surface area is 228 Å². The Bertz CT molecular complexity index is 1410. The van der Waals surface area contributed by atoms with E-state index in [-0.39, 0.29) is 30.2 Å². The van der Waals surface area contributed by atoms with E-state index < -0.39 is 0 Å². The molecule has 190 valence electrons. The molecule has 7 nitrogen and oxygen atoms in total. The van der Waals surface area contributed by atoms with Crippen molar-refractivity contribution in [3.05, 3.63) is 92.3 Å². The van der Waals surface area contributed by atoms with Gasteiger partial charge in [0.15, 0.2) is 18.1 Å². The van der Waals surface area contributed by atoms with E-state index in [9.17, 15) is 14.4 Å². The number of hydrogen-bond donors (Lipinski definition) is 1. The number of aryl methyl sites for hydroxylation is 1. The molecule has 1 saturated heterocycles. The largest absolute Gasteiger partial charge is 0.493 e. The molecule has 1 aliphatic heterocycles. The average Bonchev–Trinajstić information content (AvgIpc) is 3.12. The molecule has 10 heteroatoms. The predicted molar refractivity (Wildman–Crippen MR) is 146 cm³/mol. The van der Waals surface area contributed by atoms with Crippen molar-refractivity contribution in [2.24, 2.45) is 0 Å². The minimum atomic E-state index is -0.387. The van der Waals surface area contributed by atoms with Crippen molar-refractivity contribution in [2.75, 3.05) is 19.0 Å². The molecule has 0 saturated carbocycles. The highest BCUT2D eigenvalue weighted by Crippen LogP contribution is 2.35. The van der Waals surface area contributed by atoms with Crippen LogP contribution in [0.25, 0.3) is 6.08 Å². The Morgan fingerprint density at radius 3 is 2.59 bits per heavy atom. The van der Waals surface area contributed by atoms with Crippen LogP contribution >= 0.6 is 35.0 Å². The van der Waals surface area contributed by atoms with Gasteiger partial charge in [0.2, 0.25) is 0 Å². The van der Waals surface area contributed by atoms with E-state index in [1.165, 1.54) is 12.0 Å². The van der Waals surface area contributed by atoms with Gasteiger partial charge in [0, 0.05) is 15.7 Å². The van der Waals surface area contributed by atoms with Crippen LogP contribution in [0.1, 0.15) is 16.7 Å². The number of carbonyl (C=O) groups excluding carboxylic acids is 3. The Morgan fingerprint density at radius 1 is 1.05 bits per heavy atom. The molecule has 3 aromatic rings. The third-order valence-corrected chi connectivity index (χ3v) is 6.95. The molecule has 0 bridgehead atoms. The summed E-state index contributed by atoms with van der Waals surface area (Å²) in [7, 11) is 1.47. The van der Waals surface area contributed by atoms with Gasteiger partial charge in [-0.05, 0) is 77.9 Å². The van der Waals surface area contributed by atoms with Crippen molar-refractivity contribution in [1.29, 1.82) is 0 Å². The lowest BCUT2D eigenvalue weighted by molar-refractivity contribution is -0.123. The Morgan fingerprint density at radius 2 is 1.86 bits per heavy atom. The first kappa shape index (κ1) is 26.6. The molecule has 0 aromatic heterocycles. The Kier molecular flexibility index (Phi) is 8.43. The second-order valence-corrected chi connectivity index (χ2v) is 9.95. The van der Waals surface area contributed by atoms with E-state index >= 15 is 0 Å². The standard InChI is InChI=1S/C27H22Cl2N2O5S/c1-16-6-8-20(13-21(16)29)30-25(32)15-36-22-9-7-17(11-23(22)35-2)12-24-26(33)31(27(34)37-24)14-18-4-3-5-19(28)10-18/h3-13H,14-15H2,1-2H3,(H,30,32)/b24-12-. The van der Waals surface area contributed by atoms with Gasteiger partial charge >= 0.3 is 0 Å². The lowest BCUT2D eigenvalue weighted by Crippen LogP contribution is -2.27. The van der Waals surface area contributed by atoms with Crippen LogP contribution in [0.5, 0.6) is 11.5 Å². The number of imide groups is 1. The smallest absolute Gasteiger partial charge is 0.293 e. The number of nitrogens with one attached hydrogen (secondary N) is 1. The molecule has 1 fully saturated rings. The molecule has 0 spiro atoms. The topological polar surface area (TPSA) is 84.9 Å². The zero-order valence-corrected chi connectivity index (χ0v) is 22.2. The average molecular weight is 557 g/mol. The zero-order chi connectivity index (χ0) is 26.5. The number of rotatable bonds is 8. The van der Waals surface area contributed by atoms with E-state index in [0.29, 0.717) is 37.7 Å². The van der Waals surface area contributed by atoms with Gasteiger partial charge in [0.05, 0.1) is 18.6 Å². The molecule has 0 aliphatic carbocycles. The minimum Gasteiger partial charge on any atom is -0.493 e. The number of ether oxygens (including phenoxy) is 2. The summed E-state index contributed by atoms with van der Waals surface area (Å²) in [5.74, 6) is -0.0227. The highest BCUT2D eigenvalue weighted by molar-refractivity contribution is 8.18. The molecule has 3 aromatic carbocycles. The number of benzene rings is 3. The monoisotopic (exact) mass is 556 g/mol. The Hall–Kier alpha value is -3.46. The van der Waals surface area contributed by atoms with Crippen LogP contribution in [0.2, 0.25) is 10.0 Å². The maximum atomic E-state index is 12.9. The quantitative estimate of drug-likeness (QED) is 0.316. The summed E-state index contributed by atoms with van der Waals surface area (Å²) in [6.07, 6.45) is 1.61. The summed E-state index contributed by atoms with van der Waals surface area (Å²) in [4.78, 5) is 39.1. The summed E-state index contributed by atoms with van der Waals surface area (Å²) in [5, 5.41) is 3.46. The fraction of sp³-hybridized carbons (Fsp3) is 0.148. The van der Waals surface area contributed by atoms with Gasteiger partial charge in [-0.3, -0.25) is 19.3 Å². The van der Waals surface area contributed by atoms with E-state index in [1.54, 1.807) is 60.7 Å². The summed E-state index contributed by atoms with van der Waals surface area (Å²) in [6, 6.07) is 17.3. The number of carbonyl (C=O) groups is 3. The molecule has 1 N–H and O–H groups in total. The van der Waals surface area contributed by atoms with Crippen molar-refractivity contribution in [3.8, 4) is 11.5 Å². The summed E-state index contributed by atoms with van der Waals surface area (Å²) in [5.41, 5.74) is 2.87. The van der Waals surface area contributed by atoms with Gasteiger partial charge < -0.3 is 14.8 Å². The van der Waals surface area contributed by atoms with Crippen LogP contribution in [-0.4, -0.2) is 35.7 Å². The van der Waals surface area contributed by atoms with E-state index in [4.69, 9.17) is 32.7 Å². The van der Waals surface area contributed by atoms with Crippen LogP contribution in [0, 0.1) is 6.92 Å². The number of thioether (sulfide) groups is 1. The first-order valence-electron chi connectivity index (χ1n) is 11.1. The first-order valence-corrected chi connectivity index (χ1v) is 12.7. The lowest BCUT2D eigenvalue weighted by atomic mass is 10.1. The fourth-order valence-electron chi connectivity index (χ4n) is 3.51. The van der Waals surface area contributed by atoms with Gasteiger partial charge in [-0.15, -0.1) is 0 Å². The molecular formula is C27H22Cl2N2O5S. The molecule has 0 atom stereocenters. The second-order valence-electron chi connectivity index (χ2n) is 8.11. The van der Waals surface area contributed by atoms with Crippen LogP contribution in [-0.2, 0) is 16.1 Å². The maximum Gasteiger partial charge on any atom is 0.293 e. The molecule has 37 heavy (non-hydrogen) atoms. The van der Waals surface area contributed by atoms with E-state index in [1.807, 2.05) is 13.0 Å².